The second-order valence-corrected chi connectivity index (χ2v) is 8.22. The van der Waals surface area contributed by atoms with Gasteiger partial charge in [0.1, 0.15) is 5.75 Å². The Kier molecular flexibility index (Phi) is 7.78. The third kappa shape index (κ3) is 5.87. The molecule has 1 amide bonds. The lowest BCUT2D eigenvalue weighted by Crippen LogP contribution is -2.45. The molecule has 1 aromatic rings. The van der Waals surface area contributed by atoms with Crippen LogP contribution in [-0.4, -0.2) is 56.1 Å². The van der Waals surface area contributed by atoms with Crippen molar-refractivity contribution in [1.82, 2.24) is 15.5 Å². The maximum atomic E-state index is 12.7. The molecule has 0 spiro atoms. The van der Waals surface area contributed by atoms with E-state index in [1.165, 1.54) is 24.0 Å². The first-order valence-electron chi connectivity index (χ1n) is 11.1. The van der Waals surface area contributed by atoms with Crippen molar-refractivity contribution in [3.8, 4) is 5.75 Å². The number of likely N-dealkylation sites (tertiary alicyclic amines) is 1. The molecule has 6 nitrogen and oxygen atoms in total. The fraction of sp³-hybridized carbons (Fsp3) is 0.652. The molecule has 2 aliphatic rings. The molecule has 1 saturated heterocycles. The third-order valence-electron chi connectivity index (χ3n) is 5.98. The number of methoxy groups -OCH3 is 1. The van der Waals surface area contributed by atoms with Crippen LogP contribution in [0.5, 0.6) is 5.75 Å². The average molecular weight is 401 g/mol. The van der Waals surface area contributed by atoms with Crippen molar-refractivity contribution < 1.29 is 9.53 Å². The molecule has 1 heterocycles. The highest BCUT2D eigenvalue weighted by Crippen LogP contribution is 2.27. The summed E-state index contributed by atoms with van der Waals surface area (Å²) in [6, 6.07) is 6.52. The van der Waals surface area contributed by atoms with Gasteiger partial charge in [-0.3, -0.25) is 9.79 Å². The highest BCUT2D eigenvalue weighted by molar-refractivity contribution is 5.81. The lowest BCUT2D eigenvalue weighted by molar-refractivity contribution is -0.134. The predicted octanol–water partition coefficient (Wildman–Crippen LogP) is 2.89. The number of carbonyl (C=O) groups is 1. The molecule has 6 heteroatoms. The van der Waals surface area contributed by atoms with Crippen LogP contribution in [0.2, 0.25) is 0 Å². The number of amides is 1. The number of aryl methyl sites for hydroxylation is 1. The van der Waals surface area contributed by atoms with Crippen molar-refractivity contribution in [2.45, 2.75) is 58.4 Å². The van der Waals surface area contributed by atoms with E-state index >= 15 is 0 Å². The number of carbonyl (C=O) groups excluding carboxylic acids is 1. The Labute approximate surface area is 175 Å². The van der Waals surface area contributed by atoms with Crippen LogP contribution in [0.4, 0.5) is 0 Å². The molecule has 0 bridgehead atoms. The van der Waals surface area contributed by atoms with Gasteiger partial charge < -0.3 is 20.3 Å². The SMILES string of the molecule is CCNC(=NCCc1cc(C)ccc1OC)NC1CCN(C(=O)C2CCCC2)C1. The average Bonchev–Trinajstić information content (AvgIpc) is 3.40. The van der Waals surface area contributed by atoms with Gasteiger partial charge >= 0.3 is 0 Å². The van der Waals surface area contributed by atoms with E-state index in [0.717, 1.165) is 57.0 Å². The predicted molar refractivity (Wildman–Crippen MR) is 117 cm³/mol. The molecule has 2 fully saturated rings. The molecule has 1 saturated carbocycles. The van der Waals surface area contributed by atoms with Gasteiger partial charge in [0.05, 0.1) is 7.11 Å². The molecule has 1 unspecified atom stereocenters. The summed E-state index contributed by atoms with van der Waals surface area (Å²) in [6.07, 6.45) is 6.36. The highest BCUT2D eigenvalue weighted by Gasteiger charge is 2.32. The number of rotatable bonds is 7. The summed E-state index contributed by atoms with van der Waals surface area (Å²) in [7, 11) is 1.71. The summed E-state index contributed by atoms with van der Waals surface area (Å²) >= 11 is 0. The van der Waals surface area contributed by atoms with Crippen molar-refractivity contribution in [1.29, 1.82) is 0 Å². The van der Waals surface area contributed by atoms with E-state index in [1.807, 2.05) is 6.07 Å². The van der Waals surface area contributed by atoms with Crippen LogP contribution in [0.1, 0.15) is 50.2 Å². The minimum absolute atomic E-state index is 0.264. The second-order valence-electron chi connectivity index (χ2n) is 8.22. The number of nitrogens with zero attached hydrogens (tertiary/aromatic N) is 2. The maximum absolute atomic E-state index is 12.7. The molecule has 1 aromatic carbocycles. The van der Waals surface area contributed by atoms with Crippen molar-refractivity contribution >= 4 is 11.9 Å². The molecule has 160 valence electrons. The zero-order valence-electron chi connectivity index (χ0n) is 18.2. The van der Waals surface area contributed by atoms with Crippen LogP contribution in [0, 0.1) is 12.8 Å². The number of benzene rings is 1. The number of aliphatic imine (C=N–C) groups is 1. The highest BCUT2D eigenvalue weighted by atomic mass is 16.5. The third-order valence-corrected chi connectivity index (χ3v) is 5.98. The fourth-order valence-electron chi connectivity index (χ4n) is 4.41. The quantitative estimate of drug-likeness (QED) is 0.546. The van der Waals surface area contributed by atoms with Gasteiger partial charge in [-0.2, -0.15) is 0 Å². The topological polar surface area (TPSA) is 66.0 Å². The van der Waals surface area contributed by atoms with Gasteiger partial charge in [-0.1, -0.05) is 30.5 Å². The van der Waals surface area contributed by atoms with Gasteiger partial charge in [-0.05, 0) is 51.2 Å². The maximum Gasteiger partial charge on any atom is 0.225 e. The zero-order valence-corrected chi connectivity index (χ0v) is 18.2. The Morgan fingerprint density at radius 1 is 1.28 bits per heavy atom. The van der Waals surface area contributed by atoms with E-state index in [2.05, 4.69) is 41.5 Å². The smallest absolute Gasteiger partial charge is 0.225 e. The summed E-state index contributed by atoms with van der Waals surface area (Å²) < 4.78 is 5.47. The van der Waals surface area contributed by atoms with Gasteiger partial charge in [-0.15, -0.1) is 0 Å². The van der Waals surface area contributed by atoms with E-state index in [1.54, 1.807) is 7.11 Å². The molecule has 0 aromatic heterocycles. The standard InChI is InChI=1S/C23H36N4O2/c1-4-24-23(25-13-11-19-15-17(2)9-10-21(19)29-3)26-20-12-14-27(16-20)22(28)18-7-5-6-8-18/h9-10,15,18,20H,4-8,11-14,16H2,1-3H3,(H2,24,25,26). The summed E-state index contributed by atoms with van der Waals surface area (Å²) in [5, 5.41) is 6.87. The molecule has 3 rings (SSSR count). The van der Waals surface area contributed by atoms with Gasteiger partial charge in [0, 0.05) is 38.1 Å². The molecular formula is C23H36N4O2. The Balaban J connectivity index is 1.53. The van der Waals surface area contributed by atoms with E-state index < -0.39 is 0 Å². The van der Waals surface area contributed by atoms with E-state index in [-0.39, 0.29) is 12.0 Å². The first-order valence-corrected chi connectivity index (χ1v) is 11.1. The number of ether oxygens (including phenoxy) is 1. The van der Waals surface area contributed by atoms with E-state index in [4.69, 9.17) is 9.73 Å². The first-order chi connectivity index (χ1) is 14.1. The molecule has 1 atom stereocenters. The van der Waals surface area contributed by atoms with Crippen LogP contribution in [0.25, 0.3) is 0 Å². The minimum atomic E-state index is 0.264. The Bertz CT molecular complexity index is 713. The minimum Gasteiger partial charge on any atom is -0.496 e. The van der Waals surface area contributed by atoms with Crippen molar-refractivity contribution in [2.75, 3.05) is 33.3 Å². The van der Waals surface area contributed by atoms with Crippen molar-refractivity contribution in [3.05, 3.63) is 29.3 Å². The Morgan fingerprint density at radius 2 is 2.07 bits per heavy atom. The van der Waals surface area contributed by atoms with Gasteiger partial charge in [0.15, 0.2) is 5.96 Å². The number of guanidine groups is 1. The largest absolute Gasteiger partial charge is 0.496 e. The van der Waals surface area contributed by atoms with Gasteiger partial charge in [0.25, 0.3) is 0 Å². The second kappa shape index (κ2) is 10.5. The zero-order chi connectivity index (χ0) is 20.6. The first kappa shape index (κ1) is 21.5. The van der Waals surface area contributed by atoms with Crippen LogP contribution in [-0.2, 0) is 11.2 Å². The van der Waals surface area contributed by atoms with Gasteiger partial charge in [0.2, 0.25) is 5.91 Å². The van der Waals surface area contributed by atoms with Crippen LogP contribution in [0.3, 0.4) is 0 Å². The van der Waals surface area contributed by atoms with Crippen LogP contribution in [0.15, 0.2) is 23.2 Å². The normalized spacial score (nSPS) is 20.2. The number of hydrogen-bond donors (Lipinski definition) is 2. The molecule has 1 aliphatic heterocycles. The van der Waals surface area contributed by atoms with Crippen molar-refractivity contribution in [3.63, 3.8) is 0 Å². The van der Waals surface area contributed by atoms with Crippen LogP contribution < -0.4 is 15.4 Å². The number of nitrogens with one attached hydrogen (secondary N) is 2. The summed E-state index contributed by atoms with van der Waals surface area (Å²) in [5.41, 5.74) is 2.41. The lowest BCUT2D eigenvalue weighted by atomic mass is 10.1. The molecule has 1 aliphatic carbocycles. The monoisotopic (exact) mass is 400 g/mol. The Hall–Kier alpha value is -2.24. The summed E-state index contributed by atoms with van der Waals surface area (Å²) in [4.78, 5) is 19.5. The van der Waals surface area contributed by atoms with Crippen molar-refractivity contribution in [2.24, 2.45) is 10.9 Å². The number of hydrogen-bond acceptors (Lipinski definition) is 3. The molecule has 2 N–H and O–H groups in total. The Morgan fingerprint density at radius 3 is 2.79 bits per heavy atom. The van der Waals surface area contributed by atoms with Crippen LogP contribution >= 0.6 is 0 Å². The van der Waals surface area contributed by atoms with E-state index in [0.29, 0.717) is 12.5 Å². The summed E-state index contributed by atoms with van der Waals surface area (Å²) in [5.74, 6) is 2.38. The fourth-order valence-corrected chi connectivity index (χ4v) is 4.41. The molecule has 0 radical (unpaired) electrons. The van der Waals surface area contributed by atoms with Gasteiger partial charge in [-0.25, -0.2) is 0 Å². The van der Waals surface area contributed by atoms with E-state index in [9.17, 15) is 4.79 Å². The molecular weight excluding hydrogens is 364 g/mol. The molecule has 29 heavy (non-hydrogen) atoms. The lowest BCUT2D eigenvalue weighted by Gasteiger charge is -2.21. The summed E-state index contributed by atoms with van der Waals surface area (Å²) in [6.45, 7) is 7.31.